The average Bonchev–Trinajstić information content (AvgIpc) is 2.37. The minimum Gasteiger partial charge on any atom is -0.480 e. The molecule has 0 fully saturated rings. The second-order valence-electron chi connectivity index (χ2n) is 3.45. The minimum atomic E-state index is -1.00. The predicted molar refractivity (Wildman–Crippen MR) is 69.0 cm³/mol. The number of nitrogens with zero attached hydrogens (tertiary/aromatic N) is 1. The smallest absolute Gasteiger partial charge is 0.320 e. The van der Waals surface area contributed by atoms with E-state index in [1.807, 2.05) is 18.2 Å². The number of hydrogen-bond acceptors (Lipinski definition) is 4. The van der Waals surface area contributed by atoms with Crippen LogP contribution in [0.4, 0.5) is 0 Å². The van der Waals surface area contributed by atoms with E-state index in [-0.39, 0.29) is 5.96 Å². The van der Waals surface area contributed by atoms with Gasteiger partial charge in [-0.15, -0.1) is 0 Å². The van der Waals surface area contributed by atoms with Crippen molar-refractivity contribution in [2.45, 2.75) is 18.9 Å². The van der Waals surface area contributed by atoms with Gasteiger partial charge in [-0.3, -0.25) is 15.2 Å². The molecule has 100 valence electrons. The van der Waals surface area contributed by atoms with Crippen LogP contribution in [0.15, 0.2) is 30.6 Å². The van der Waals surface area contributed by atoms with Gasteiger partial charge >= 0.3 is 5.97 Å². The van der Waals surface area contributed by atoms with Crippen molar-refractivity contribution in [2.24, 2.45) is 11.5 Å². The molecule has 0 aliphatic heterocycles. The third-order valence-corrected chi connectivity index (χ3v) is 1.89. The van der Waals surface area contributed by atoms with Crippen LogP contribution >= 0.6 is 0 Å². The third kappa shape index (κ3) is 10.4. The first-order chi connectivity index (χ1) is 8.54. The number of rotatable bonds is 5. The number of carbonyl (C=O) groups is 1. The molecule has 0 saturated heterocycles. The van der Waals surface area contributed by atoms with Crippen molar-refractivity contribution in [2.75, 3.05) is 6.54 Å². The van der Waals surface area contributed by atoms with Gasteiger partial charge in [-0.25, -0.2) is 0 Å². The average molecular weight is 253 g/mol. The lowest BCUT2D eigenvalue weighted by atomic mass is 10.2. The van der Waals surface area contributed by atoms with E-state index in [4.69, 9.17) is 22.0 Å². The molecular formula is C11H19N5O2. The lowest BCUT2D eigenvalue weighted by molar-refractivity contribution is -0.138. The predicted octanol–water partition coefficient (Wildman–Crippen LogP) is -0.257. The number of carboxylic acids is 1. The summed E-state index contributed by atoms with van der Waals surface area (Å²) in [4.78, 5) is 14.0. The Morgan fingerprint density at radius 2 is 2.00 bits per heavy atom. The normalized spacial score (nSPS) is 10.7. The maximum Gasteiger partial charge on any atom is 0.320 e. The second kappa shape index (κ2) is 10.0. The molecule has 0 aromatic carbocycles. The van der Waals surface area contributed by atoms with Gasteiger partial charge in [0.1, 0.15) is 6.04 Å². The van der Waals surface area contributed by atoms with Gasteiger partial charge in [0.2, 0.25) is 0 Å². The fourth-order valence-corrected chi connectivity index (χ4v) is 0.981. The first-order valence-electron chi connectivity index (χ1n) is 5.45. The summed E-state index contributed by atoms with van der Waals surface area (Å²) in [7, 11) is 0. The van der Waals surface area contributed by atoms with Gasteiger partial charge in [-0.1, -0.05) is 6.07 Å². The largest absolute Gasteiger partial charge is 0.480 e. The molecule has 0 aliphatic rings. The zero-order valence-corrected chi connectivity index (χ0v) is 10.0. The maximum atomic E-state index is 10.2. The molecule has 0 unspecified atom stereocenters. The molecule has 0 radical (unpaired) electrons. The summed E-state index contributed by atoms with van der Waals surface area (Å²) in [5, 5.41) is 17.7. The lowest BCUT2D eigenvalue weighted by Crippen LogP contribution is -2.34. The van der Waals surface area contributed by atoms with Crippen molar-refractivity contribution in [3.05, 3.63) is 30.6 Å². The molecule has 0 bridgehead atoms. The van der Waals surface area contributed by atoms with Crippen molar-refractivity contribution >= 4 is 11.9 Å². The summed E-state index contributed by atoms with van der Waals surface area (Å²) in [6, 6.07) is 4.89. The molecule has 7 heteroatoms. The van der Waals surface area contributed by atoms with Crippen LogP contribution in [0.1, 0.15) is 12.8 Å². The highest BCUT2D eigenvalue weighted by atomic mass is 16.4. The highest BCUT2D eigenvalue weighted by molar-refractivity contribution is 5.74. The van der Waals surface area contributed by atoms with Gasteiger partial charge in [0.05, 0.1) is 0 Å². The highest BCUT2D eigenvalue weighted by Gasteiger charge is 2.09. The fraction of sp³-hybridized carbons (Fsp3) is 0.364. The molecule has 1 aromatic rings. The molecule has 1 aromatic heterocycles. The Hall–Kier alpha value is -2.15. The summed E-state index contributed by atoms with van der Waals surface area (Å²) in [5.74, 6) is -1.11. The molecule has 1 atom stereocenters. The molecule has 7 N–H and O–H groups in total. The molecule has 1 heterocycles. The zero-order chi connectivity index (χ0) is 13.8. The number of hydrogen-bond donors (Lipinski definition) is 5. The molecule has 1 rings (SSSR count). The van der Waals surface area contributed by atoms with E-state index in [2.05, 4.69) is 10.3 Å². The Morgan fingerprint density at radius 1 is 1.39 bits per heavy atom. The van der Waals surface area contributed by atoms with Crippen molar-refractivity contribution in [1.29, 1.82) is 5.41 Å². The van der Waals surface area contributed by atoms with Crippen molar-refractivity contribution in [3.8, 4) is 0 Å². The first kappa shape index (κ1) is 15.9. The van der Waals surface area contributed by atoms with Gasteiger partial charge in [0, 0.05) is 18.9 Å². The monoisotopic (exact) mass is 253 g/mol. The summed E-state index contributed by atoms with van der Waals surface area (Å²) < 4.78 is 0. The van der Waals surface area contributed by atoms with Crippen molar-refractivity contribution in [1.82, 2.24) is 10.3 Å². The summed E-state index contributed by atoms with van der Waals surface area (Å²) >= 11 is 0. The fourth-order valence-electron chi connectivity index (χ4n) is 0.981. The summed E-state index contributed by atoms with van der Waals surface area (Å²) in [6.07, 6.45) is 4.47. The SMILES string of the molecule is N=C(N)NCCC[C@H](N)C(=O)O.c1ccncc1. The molecule has 0 amide bonds. The molecule has 0 aliphatic carbocycles. The molecule has 7 nitrogen and oxygen atoms in total. The number of aromatic nitrogens is 1. The summed E-state index contributed by atoms with van der Waals surface area (Å²) in [5.41, 5.74) is 10.2. The Bertz CT molecular complexity index is 318. The first-order valence-corrected chi connectivity index (χ1v) is 5.45. The standard InChI is InChI=1S/C6H14N4O2.C5H5N/c7-4(5(11)12)2-1-3-10-6(8)9;1-2-4-6-5-3-1/h4H,1-3,7H2,(H,11,12)(H4,8,9,10);1-5H/t4-;/m0./s1. The van der Waals surface area contributed by atoms with E-state index in [0.717, 1.165) is 0 Å². The van der Waals surface area contributed by atoms with Crippen LogP contribution in [0.25, 0.3) is 0 Å². The van der Waals surface area contributed by atoms with E-state index in [0.29, 0.717) is 19.4 Å². The highest BCUT2D eigenvalue weighted by Crippen LogP contribution is 1.92. The van der Waals surface area contributed by atoms with Crippen LogP contribution in [-0.4, -0.2) is 34.6 Å². The lowest BCUT2D eigenvalue weighted by Gasteiger charge is -2.06. The van der Waals surface area contributed by atoms with Crippen LogP contribution in [0.2, 0.25) is 0 Å². The Morgan fingerprint density at radius 3 is 2.33 bits per heavy atom. The number of nitrogens with two attached hydrogens (primary N) is 2. The summed E-state index contributed by atoms with van der Waals surface area (Å²) in [6.45, 7) is 0.482. The van der Waals surface area contributed by atoms with Crippen LogP contribution in [-0.2, 0) is 4.79 Å². The number of nitrogens with one attached hydrogen (secondary N) is 2. The third-order valence-electron chi connectivity index (χ3n) is 1.89. The second-order valence-corrected chi connectivity index (χ2v) is 3.45. The van der Waals surface area contributed by atoms with E-state index < -0.39 is 12.0 Å². The number of pyridine rings is 1. The van der Waals surface area contributed by atoms with E-state index >= 15 is 0 Å². The van der Waals surface area contributed by atoms with Crippen LogP contribution < -0.4 is 16.8 Å². The Balaban J connectivity index is 0.000000397. The van der Waals surface area contributed by atoms with Crippen molar-refractivity contribution in [3.63, 3.8) is 0 Å². The molecular weight excluding hydrogens is 234 g/mol. The van der Waals surface area contributed by atoms with Gasteiger partial charge in [0.25, 0.3) is 0 Å². The van der Waals surface area contributed by atoms with Crippen LogP contribution in [0.5, 0.6) is 0 Å². The molecule has 0 saturated carbocycles. The van der Waals surface area contributed by atoms with Gasteiger partial charge in [0.15, 0.2) is 5.96 Å². The van der Waals surface area contributed by atoms with Crippen LogP contribution in [0.3, 0.4) is 0 Å². The quantitative estimate of drug-likeness (QED) is 0.278. The maximum absolute atomic E-state index is 10.2. The van der Waals surface area contributed by atoms with Crippen molar-refractivity contribution < 1.29 is 9.90 Å². The molecule has 0 spiro atoms. The number of guanidine groups is 1. The van der Waals surface area contributed by atoms with Gasteiger partial charge in [-0.2, -0.15) is 0 Å². The molecule has 18 heavy (non-hydrogen) atoms. The Kier molecular flexibility index (Phi) is 8.83. The van der Waals surface area contributed by atoms with Gasteiger partial charge < -0.3 is 21.9 Å². The van der Waals surface area contributed by atoms with E-state index in [1.54, 1.807) is 12.4 Å². The number of carboxylic acid groups (broad SMARTS) is 1. The van der Waals surface area contributed by atoms with Gasteiger partial charge in [-0.05, 0) is 25.0 Å². The number of aliphatic carboxylic acids is 1. The topological polar surface area (TPSA) is 138 Å². The van der Waals surface area contributed by atoms with E-state index in [1.165, 1.54) is 0 Å². The van der Waals surface area contributed by atoms with Crippen LogP contribution in [0, 0.1) is 5.41 Å². The minimum absolute atomic E-state index is 0.112. The van der Waals surface area contributed by atoms with E-state index in [9.17, 15) is 4.79 Å². The Labute approximate surface area is 106 Å². The zero-order valence-electron chi connectivity index (χ0n) is 10.0.